The first kappa shape index (κ1) is 17.1. The number of aryl methyl sites for hydroxylation is 2. The molecule has 0 amide bonds. The lowest BCUT2D eigenvalue weighted by Crippen LogP contribution is -2.13. The second-order valence-electron chi connectivity index (χ2n) is 6.58. The van der Waals surface area contributed by atoms with Gasteiger partial charge >= 0.3 is 5.97 Å². The third kappa shape index (κ3) is 3.27. The van der Waals surface area contributed by atoms with Gasteiger partial charge in [-0.15, -0.1) is 0 Å². The number of rotatable bonds is 4. The van der Waals surface area contributed by atoms with Crippen LogP contribution in [-0.4, -0.2) is 17.6 Å². The van der Waals surface area contributed by atoms with E-state index in [4.69, 9.17) is 9.15 Å². The minimum absolute atomic E-state index is 0.183. The van der Waals surface area contributed by atoms with Gasteiger partial charge in [-0.1, -0.05) is 26.8 Å². The number of nitrogens with zero attached hydrogens (tertiary/aromatic N) is 1. The van der Waals surface area contributed by atoms with E-state index in [2.05, 4.69) is 4.98 Å². The quantitative estimate of drug-likeness (QED) is 0.530. The van der Waals surface area contributed by atoms with Gasteiger partial charge in [0, 0.05) is 0 Å². The Kier molecular flexibility index (Phi) is 4.57. The SMILES string of the molecule is CCc1ccc2oc3nc(C)c(C(=O)OCC(C)C)cc3c(=O)c2c1. The van der Waals surface area contributed by atoms with Gasteiger partial charge < -0.3 is 9.15 Å². The Balaban J connectivity index is 2.18. The second kappa shape index (κ2) is 6.67. The molecule has 5 heteroatoms. The lowest BCUT2D eigenvalue weighted by molar-refractivity contribution is 0.0458. The Bertz CT molecular complexity index is 1020. The van der Waals surface area contributed by atoms with Crippen LogP contribution in [0.4, 0.5) is 0 Å². The molecule has 2 aromatic heterocycles. The van der Waals surface area contributed by atoms with Crippen molar-refractivity contribution in [2.45, 2.75) is 34.1 Å². The molecule has 3 aromatic rings. The molecule has 25 heavy (non-hydrogen) atoms. The van der Waals surface area contributed by atoms with Crippen LogP contribution in [0.1, 0.15) is 42.4 Å². The maximum Gasteiger partial charge on any atom is 0.340 e. The zero-order chi connectivity index (χ0) is 18.1. The number of benzene rings is 1. The third-order valence-electron chi connectivity index (χ3n) is 4.09. The number of aromatic nitrogens is 1. The maximum absolute atomic E-state index is 12.9. The summed E-state index contributed by atoms with van der Waals surface area (Å²) in [5.41, 5.74) is 2.38. The zero-order valence-corrected chi connectivity index (χ0v) is 14.9. The van der Waals surface area contributed by atoms with Crippen molar-refractivity contribution in [3.63, 3.8) is 0 Å². The molecule has 2 heterocycles. The maximum atomic E-state index is 12.9. The molecular formula is C20H21NO4. The number of fused-ring (bicyclic) bond motifs is 2. The summed E-state index contributed by atoms with van der Waals surface area (Å²) < 4.78 is 11.0. The molecule has 3 rings (SSSR count). The smallest absolute Gasteiger partial charge is 0.340 e. The van der Waals surface area contributed by atoms with Crippen LogP contribution in [0.15, 0.2) is 33.5 Å². The van der Waals surface area contributed by atoms with Crippen molar-refractivity contribution in [2.75, 3.05) is 6.61 Å². The average molecular weight is 339 g/mol. The topological polar surface area (TPSA) is 69.4 Å². The van der Waals surface area contributed by atoms with Crippen molar-refractivity contribution in [1.82, 2.24) is 4.98 Å². The molecule has 0 aliphatic carbocycles. The number of pyridine rings is 1. The van der Waals surface area contributed by atoms with Crippen molar-refractivity contribution < 1.29 is 13.9 Å². The second-order valence-corrected chi connectivity index (χ2v) is 6.58. The highest BCUT2D eigenvalue weighted by atomic mass is 16.5. The monoisotopic (exact) mass is 339 g/mol. The van der Waals surface area contributed by atoms with Crippen LogP contribution in [0.25, 0.3) is 22.1 Å². The Morgan fingerprint density at radius 3 is 2.68 bits per heavy atom. The Labute approximate surface area is 145 Å². The van der Waals surface area contributed by atoms with Gasteiger partial charge in [-0.25, -0.2) is 9.78 Å². The van der Waals surface area contributed by atoms with Crippen molar-refractivity contribution in [3.8, 4) is 0 Å². The van der Waals surface area contributed by atoms with Crippen LogP contribution in [0.5, 0.6) is 0 Å². The van der Waals surface area contributed by atoms with Crippen molar-refractivity contribution in [2.24, 2.45) is 5.92 Å². The molecule has 0 N–H and O–H groups in total. The highest BCUT2D eigenvalue weighted by Crippen LogP contribution is 2.21. The van der Waals surface area contributed by atoms with Crippen molar-refractivity contribution in [1.29, 1.82) is 0 Å². The first-order valence-electron chi connectivity index (χ1n) is 8.45. The van der Waals surface area contributed by atoms with Gasteiger partial charge in [0.05, 0.1) is 28.6 Å². The predicted molar refractivity (Wildman–Crippen MR) is 97.0 cm³/mol. The molecule has 0 aliphatic heterocycles. The van der Waals surface area contributed by atoms with Gasteiger partial charge in [-0.05, 0) is 43.0 Å². The predicted octanol–water partition coefficient (Wildman–Crippen LogP) is 4.02. The molecule has 0 unspecified atom stereocenters. The molecule has 0 atom stereocenters. The largest absolute Gasteiger partial charge is 0.462 e. The summed E-state index contributed by atoms with van der Waals surface area (Å²) in [5, 5.41) is 0.793. The summed E-state index contributed by atoms with van der Waals surface area (Å²) in [6.07, 6.45) is 0.826. The average Bonchev–Trinajstić information content (AvgIpc) is 2.59. The summed E-state index contributed by atoms with van der Waals surface area (Å²) in [4.78, 5) is 29.5. The first-order valence-corrected chi connectivity index (χ1v) is 8.45. The standard InChI is InChI=1S/C20H21NO4/c1-5-13-6-7-17-15(8-13)18(22)16-9-14(12(4)21-19(16)25-17)20(23)24-10-11(2)3/h6-9,11H,5,10H2,1-4H3. The van der Waals surface area contributed by atoms with Gasteiger partial charge in [0.1, 0.15) is 5.58 Å². The number of ether oxygens (including phenoxy) is 1. The van der Waals surface area contributed by atoms with Gasteiger partial charge in [0.15, 0.2) is 0 Å². The molecule has 0 spiro atoms. The molecule has 0 bridgehead atoms. The van der Waals surface area contributed by atoms with Crippen LogP contribution >= 0.6 is 0 Å². The van der Waals surface area contributed by atoms with E-state index in [1.54, 1.807) is 13.0 Å². The van der Waals surface area contributed by atoms with E-state index in [-0.39, 0.29) is 17.1 Å². The molecule has 0 radical (unpaired) electrons. The Morgan fingerprint density at radius 1 is 1.24 bits per heavy atom. The molecule has 0 aliphatic rings. The fourth-order valence-corrected chi connectivity index (χ4v) is 2.66. The molecule has 0 saturated carbocycles. The van der Waals surface area contributed by atoms with Gasteiger partial charge in [-0.3, -0.25) is 4.79 Å². The number of hydrogen-bond donors (Lipinski definition) is 0. The fourth-order valence-electron chi connectivity index (χ4n) is 2.66. The van der Waals surface area contributed by atoms with E-state index in [1.807, 2.05) is 32.9 Å². The fraction of sp³-hybridized carbons (Fsp3) is 0.350. The molecule has 5 nitrogen and oxygen atoms in total. The minimum Gasteiger partial charge on any atom is -0.462 e. The summed E-state index contributed by atoms with van der Waals surface area (Å²) in [7, 11) is 0. The van der Waals surface area contributed by atoms with E-state index in [1.165, 1.54) is 6.07 Å². The third-order valence-corrected chi connectivity index (χ3v) is 4.09. The lowest BCUT2D eigenvalue weighted by atomic mass is 10.1. The van der Waals surface area contributed by atoms with Gasteiger partial charge in [-0.2, -0.15) is 0 Å². The van der Waals surface area contributed by atoms with Crippen molar-refractivity contribution in [3.05, 3.63) is 51.3 Å². The Morgan fingerprint density at radius 2 is 2.00 bits per heavy atom. The lowest BCUT2D eigenvalue weighted by Gasteiger charge is -2.10. The van der Waals surface area contributed by atoms with E-state index in [9.17, 15) is 9.59 Å². The highest BCUT2D eigenvalue weighted by molar-refractivity contribution is 5.96. The molecule has 130 valence electrons. The molecular weight excluding hydrogens is 318 g/mol. The van der Waals surface area contributed by atoms with Crippen LogP contribution in [0, 0.1) is 12.8 Å². The highest BCUT2D eigenvalue weighted by Gasteiger charge is 2.17. The molecule has 0 fully saturated rings. The summed E-state index contributed by atoms with van der Waals surface area (Å²) in [6, 6.07) is 7.08. The minimum atomic E-state index is -0.470. The molecule has 0 saturated heterocycles. The zero-order valence-electron chi connectivity index (χ0n) is 14.9. The van der Waals surface area contributed by atoms with Gasteiger partial charge in [0.25, 0.3) is 0 Å². The van der Waals surface area contributed by atoms with Crippen molar-refractivity contribution >= 4 is 28.0 Å². The normalized spacial score (nSPS) is 11.4. The van der Waals surface area contributed by atoms with Crippen LogP contribution in [0.2, 0.25) is 0 Å². The summed E-state index contributed by atoms with van der Waals surface area (Å²) in [5.74, 6) is -0.235. The number of hydrogen-bond acceptors (Lipinski definition) is 5. The van der Waals surface area contributed by atoms with Crippen LogP contribution in [-0.2, 0) is 11.2 Å². The van der Waals surface area contributed by atoms with Crippen LogP contribution in [0.3, 0.4) is 0 Å². The number of carbonyl (C=O) groups is 1. The molecule has 1 aromatic carbocycles. The first-order chi connectivity index (χ1) is 11.9. The number of carbonyl (C=O) groups excluding carboxylic acids is 1. The number of esters is 1. The van der Waals surface area contributed by atoms with E-state index >= 15 is 0 Å². The summed E-state index contributed by atoms with van der Waals surface area (Å²) >= 11 is 0. The van der Waals surface area contributed by atoms with E-state index in [0.29, 0.717) is 34.2 Å². The summed E-state index contributed by atoms with van der Waals surface area (Å²) in [6.45, 7) is 7.98. The van der Waals surface area contributed by atoms with Crippen LogP contribution < -0.4 is 5.43 Å². The van der Waals surface area contributed by atoms with E-state index < -0.39 is 5.97 Å². The van der Waals surface area contributed by atoms with Gasteiger partial charge in [0.2, 0.25) is 11.1 Å². The Hall–Kier alpha value is -2.69. The van der Waals surface area contributed by atoms with E-state index in [0.717, 1.165) is 12.0 Å².